The van der Waals surface area contributed by atoms with Crippen molar-refractivity contribution >= 4 is 45.3 Å². The van der Waals surface area contributed by atoms with Crippen molar-refractivity contribution in [3.05, 3.63) is 56.6 Å². The number of hydrogen-bond donors (Lipinski definition) is 2. The number of hydrogen-bond acceptors (Lipinski definition) is 7. The zero-order valence-electron chi connectivity index (χ0n) is 22.2. The Morgan fingerprint density at radius 1 is 1.10 bits per heavy atom. The van der Waals surface area contributed by atoms with E-state index in [-0.39, 0.29) is 54.3 Å². The van der Waals surface area contributed by atoms with Crippen molar-refractivity contribution in [2.75, 3.05) is 13.7 Å². The molecule has 1 aliphatic heterocycles. The fourth-order valence-electron chi connectivity index (χ4n) is 6.70. The van der Waals surface area contributed by atoms with E-state index in [1.54, 1.807) is 19.1 Å². The number of aromatic hydroxyl groups is 1. The van der Waals surface area contributed by atoms with Gasteiger partial charge in [0, 0.05) is 45.6 Å². The van der Waals surface area contributed by atoms with Crippen LogP contribution in [0.1, 0.15) is 56.9 Å². The summed E-state index contributed by atoms with van der Waals surface area (Å²) in [6.45, 7) is 1.81. The van der Waals surface area contributed by atoms with Gasteiger partial charge >= 0.3 is 5.97 Å². The molecule has 0 radical (unpaired) electrons. The summed E-state index contributed by atoms with van der Waals surface area (Å²) in [5.41, 5.74) is 2.05. The summed E-state index contributed by atoms with van der Waals surface area (Å²) in [5, 5.41) is 20.0. The first-order valence-electron chi connectivity index (χ1n) is 13.4. The highest BCUT2D eigenvalue weighted by Crippen LogP contribution is 2.57. The number of ether oxygens (including phenoxy) is 1. The van der Waals surface area contributed by atoms with Gasteiger partial charge in [0.25, 0.3) is 0 Å². The highest BCUT2D eigenvalue weighted by Gasteiger charge is 2.56. The van der Waals surface area contributed by atoms with Crippen LogP contribution in [0.4, 0.5) is 0 Å². The summed E-state index contributed by atoms with van der Waals surface area (Å²) in [5.74, 6) is -4.51. The first-order chi connectivity index (χ1) is 19.0. The lowest BCUT2D eigenvalue weighted by molar-refractivity contribution is -0.141. The Hall–Kier alpha value is -3.53. The molecule has 1 aromatic rings. The molecule has 1 heterocycles. The van der Waals surface area contributed by atoms with Gasteiger partial charge in [0.15, 0.2) is 23.1 Å². The normalized spacial score (nSPS) is 25.8. The molecule has 1 saturated heterocycles. The van der Waals surface area contributed by atoms with Gasteiger partial charge in [-0.1, -0.05) is 34.0 Å². The minimum Gasteiger partial charge on any atom is -0.504 e. The van der Waals surface area contributed by atoms with E-state index >= 15 is 0 Å². The quantitative estimate of drug-likeness (QED) is 0.193. The molecule has 0 bridgehead atoms. The highest BCUT2D eigenvalue weighted by molar-refractivity contribution is 9.10. The number of nitrogens with zero attached hydrogens (tertiary/aromatic N) is 1. The number of allylic oxidation sites excluding steroid dienone is 6. The summed E-state index contributed by atoms with van der Waals surface area (Å²) in [7, 11) is 1.42. The lowest BCUT2D eigenvalue weighted by Gasteiger charge is -2.42. The number of Topliss-reactive ketones (excluding diaryl/α,β-unsaturated/α-hetero) is 1. The van der Waals surface area contributed by atoms with Crippen LogP contribution in [0.25, 0.3) is 0 Å². The van der Waals surface area contributed by atoms with Gasteiger partial charge < -0.3 is 14.9 Å². The number of carbonyl (C=O) groups is 5. The number of aliphatic carboxylic acids is 1. The second-order valence-electron chi connectivity index (χ2n) is 10.8. The first-order valence-corrected chi connectivity index (χ1v) is 14.2. The number of amides is 2. The van der Waals surface area contributed by atoms with Crippen LogP contribution >= 0.6 is 15.9 Å². The van der Waals surface area contributed by atoms with Gasteiger partial charge in [0.05, 0.1) is 18.9 Å². The van der Waals surface area contributed by atoms with E-state index in [2.05, 4.69) is 15.9 Å². The van der Waals surface area contributed by atoms with E-state index in [9.17, 15) is 29.1 Å². The Morgan fingerprint density at radius 2 is 1.85 bits per heavy atom. The Balaban J connectivity index is 1.54. The minimum absolute atomic E-state index is 0.0369. The third-order valence-electron chi connectivity index (χ3n) is 8.53. The Kier molecular flexibility index (Phi) is 7.56. The number of carboxylic acid groups (broad SMARTS) is 1. The van der Waals surface area contributed by atoms with Crippen LogP contribution in [-0.4, -0.2) is 58.1 Å². The maximum absolute atomic E-state index is 13.7. The number of phenols is 1. The topological polar surface area (TPSA) is 138 Å². The van der Waals surface area contributed by atoms with E-state index in [0.717, 1.165) is 5.57 Å². The van der Waals surface area contributed by atoms with Gasteiger partial charge in [-0.3, -0.25) is 28.9 Å². The monoisotopic (exact) mass is 611 g/mol. The molecule has 4 atom stereocenters. The summed E-state index contributed by atoms with van der Waals surface area (Å²) < 4.78 is 5.97. The van der Waals surface area contributed by atoms with Crippen LogP contribution < -0.4 is 4.74 Å². The second kappa shape index (κ2) is 10.8. The molecular formula is C30H30BrNO8. The Morgan fingerprint density at radius 3 is 2.55 bits per heavy atom. The van der Waals surface area contributed by atoms with E-state index in [0.29, 0.717) is 52.4 Å². The first kappa shape index (κ1) is 28.0. The number of carboxylic acids is 1. The number of imide groups is 1. The number of methoxy groups -OCH3 is 1. The molecule has 0 saturated carbocycles. The van der Waals surface area contributed by atoms with Crippen LogP contribution in [0, 0.1) is 17.8 Å². The van der Waals surface area contributed by atoms with Crippen molar-refractivity contribution in [1.29, 1.82) is 0 Å². The van der Waals surface area contributed by atoms with Crippen molar-refractivity contribution in [2.24, 2.45) is 17.8 Å². The van der Waals surface area contributed by atoms with Crippen molar-refractivity contribution in [1.82, 2.24) is 4.90 Å². The zero-order valence-corrected chi connectivity index (χ0v) is 23.8. The lowest BCUT2D eigenvalue weighted by Crippen LogP contribution is -2.40. The molecule has 10 heteroatoms. The Labute approximate surface area is 239 Å². The molecule has 2 amide bonds. The van der Waals surface area contributed by atoms with Crippen LogP contribution in [-0.2, 0) is 24.0 Å². The highest BCUT2D eigenvalue weighted by atomic mass is 79.9. The van der Waals surface area contributed by atoms with Crippen molar-refractivity contribution in [3.63, 3.8) is 0 Å². The number of carbonyl (C=O) groups excluding carboxylic acids is 4. The standard InChI is InChI=1S/C30H30BrNO8/c1-14-10-21(33)19-13-18-16(24(26(19)27(14)36)20-11-15(31)12-22(40-2)28(20)37)7-8-17-25(18)30(39)32(29(17)38)9-5-3-4-6-23(34)35/h7,10-12,17-18,24-25,37H,3-6,8-9,13H2,1-2H3,(H,34,35). The Bertz CT molecular complexity index is 1440. The molecule has 4 unspecified atom stereocenters. The van der Waals surface area contributed by atoms with Crippen LogP contribution in [0.3, 0.4) is 0 Å². The molecule has 210 valence electrons. The van der Waals surface area contributed by atoms with Crippen molar-refractivity contribution in [2.45, 2.75) is 51.4 Å². The maximum Gasteiger partial charge on any atom is 0.303 e. The number of phenolic OH excluding ortho intramolecular Hbond substituents is 1. The number of unbranched alkanes of at least 4 members (excludes halogenated alkanes) is 2. The van der Waals surface area contributed by atoms with Gasteiger partial charge in [-0.25, -0.2) is 0 Å². The number of rotatable bonds is 8. The molecule has 0 spiro atoms. The summed E-state index contributed by atoms with van der Waals surface area (Å²) >= 11 is 3.45. The molecule has 40 heavy (non-hydrogen) atoms. The molecule has 1 aromatic carbocycles. The van der Waals surface area contributed by atoms with Gasteiger partial charge in [-0.2, -0.15) is 0 Å². The van der Waals surface area contributed by atoms with Gasteiger partial charge in [0.1, 0.15) is 0 Å². The molecule has 1 fully saturated rings. The third-order valence-corrected chi connectivity index (χ3v) is 8.99. The average molecular weight is 612 g/mol. The van der Waals surface area contributed by atoms with E-state index in [1.165, 1.54) is 18.1 Å². The molecule has 5 rings (SSSR count). The SMILES string of the molecule is COc1cc(Br)cc(C2C3=CCC4C(=O)N(CCCCCC(=O)O)C(=O)C4C3CC3=C2C(=O)C(C)=CC3=O)c1O. The summed E-state index contributed by atoms with van der Waals surface area (Å²) in [6.07, 6.45) is 5.28. The number of ketones is 2. The molecule has 3 aliphatic carbocycles. The minimum atomic E-state index is -0.881. The predicted octanol–water partition coefficient (Wildman–Crippen LogP) is 4.24. The molecule has 9 nitrogen and oxygen atoms in total. The number of fused-ring (bicyclic) bond motifs is 3. The van der Waals surface area contributed by atoms with Gasteiger partial charge in [-0.15, -0.1) is 0 Å². The third kappa shape index (κ3) is 4.62. The van der Waals surface area contributed by atoms with Crippen LogP contribution in [0.2, 0.25) is 0 Å². The number of benzene rings is 1. The van der Waals surface area contributed by atoms with E-state index in [1.807, 2.05) is 6.08 Å². The van der Waals surface area contributed by atoms with Gasteiger partial charge in [0.2, 0.25) is 11.8 Å². The largest absolute Gasteiger partial charge is 0.504 e. The number of likely N-dealkylation sites (tertiary alicyclic amines) is 1. The van der Waals surface area contributed by atoms with Gasteiger partial charge in [-0.05, 0) is 56.7 Å². The maximum atomic E-state index is 13.7. The smallest absolute Gasteiger partial charge is 0.303 e. The molecule has 4 aliphatic rings. The second-order valence-corrected chi connectivity index (χ2v) is 11.7. The molecular weight excluding hydrogens is 582 g/mol. The molecule has 2 N–H and O–H groups in total. The molecule has 0 aromatic heterocycles. The predicted molar refractivity (Wildman–Crippen MR) is 147 cm³/mol. The zero-order chi connectivity index (χ0) is 28.9. The van der Waals surface area contributed by atoms with Crippen LogP contribution in [0.5, 0.6) is 11.5 Å². The van der Waals surface area contributed by atoms with E-state index < -0.39 is 29.6 Å². The fraction of sp³-hybridized carbons (Fsp3) is 0.433. The number of halogens is 1. The summed E-state index contributed by atoms with van der Waals surface area (Å²) in [6, 6.07) is 3.30. The van der Waals surface area contributed by atoms with Crippen molar-refractivity contribution in [3.8, 4) is 11.5 Å². The van der Waals surface area contributed by atoms with Crippen LogP contribution in [0.15, 0.2) is 51.0 Å². The lowest BCUT2D eigenvalue weighted by atomic mass is 9.59. The fourth-order valence-corrected chi connectivity index (χ4v) is 7.15. The summed E-state index contributed by atoms with van der Waals surface area (Å²) in [4.78, 5) is 65.9. The average Bonchev–Trinajstić information content (AvgIpc) is 3.16. The van der Waals surface area contributed by atoms with E-state index in [4.69, 9.17) is 9.84 Å². The van der Waals surface area contributed by atoms with Crippen molar-refractivity contribution < 1.29 is 38.9 Å².